The molecule has 0 aliphatic carbocycles. The van der Waals surface area contributed by atoms with Gasteiger partial charge >= 0.3 is 0 Å². The topological polar surface area (TPSA) is 102 Å². The zero-order valence-corrected chi connectivity index (χ0v) is 15.0. The molecule has 0 bridgehead atoms. The molecule has 1 N–H and O–H groups in total. The third-order valence-electron chi connectivity index (χ3n) is 3.23. The van der Waals surface area contributed by atoms with Crippen LogP contribution in [0.4, 0.5) is 0 Å². The highest BCUT2D eigenvalue weighted by atomic mass is 35.5. The van der Waals surface area contributed by atoms with Gasteiger partial charge in [-0.15, -0.1) is 0 Å². The molecule has 0 spiro atoms. The van der Waals surface area contributed by atoms with Crippen LogP contribution in [0.15, 0.2) is 58.0 Å². The summed E-state index contributed by atoms with van der Waals surface area (Å²) in [4.78, 5) is 22.2. The van der Waals surface area contributed by atoms with Gasteiger partial charge in [0.2, 0.25) is 0 Å². The lowest BCUT2D eigenvalue weighted by Gasteiger charge is -2.07. The van der Waals surface area contributed by atoms with E-state index in [1.807, 2.05) is 0 Å². The summed E-state index contributed by atoms with van der Waals surface area (Å²) in [6, 6.07) is 10.2. The normalized spacial score (nSPS) is 11.0. The molecule has 0 atom stereocenters. The Kier molecular flexibility index (Phi) is 6.30. The molecule has 134 valence electrons. The lowest BCUT2D eigenvalue weighted by atomic mass is 10.2. The Labute approximate surface area is 155 Å². The SMILES string of the molecule is COc1ccc(Cl)cc1C(=O)N/C=C/c1ccc(S(=O)(=O)N=C=O)cc1. The van der Waals surface area contributed by atoms with Gasteiger partial charge in [-0.05, 0) is 42.0 Å². The number of halogens is 1. The van der Waals surface area contributed by atoms with E-state index in [-0.39, 0.29) is 10.5 Å². The number of amides is 1. The second-order valence-corrected chi connectivity index (χ2v) is 6.92. The summed E-state index contributed by atoms with van der Waals surface area (Å²) in [5, 5.41) is 2.97. The lowest BCUT2D eigenvalue weighted by molar-refractivity contribution is 0.0967. The summed E-state index contributed by atoms with van der Waals surface area (Å²) in [5.41, 5.74) is 0.898. The number of carbonyl (C=O) groups excluding carboxylic acids is 2. The molecular formula is C17H13ClN2O5S. The van der Waals surface area contributed by atoms with Crippen LogP contribution in [0.2, 0.25) is 5.02 Å². The fourth-order valence-electron chi connectivity index (χ4n) is 2.00. The smallest absolute Gasteiger partial charge is 0.292 e. The highest BCUT2D eigenvalue weighted by molar-refractivity contribution is 7.90. The Hall–Kier alpha value is -2.93. The average Bonchev–Trinajstić information content (AvgIpc) is 2.62. The second kappa shape index (κ2) is 8.44. The van der Waals surface area contributed by atoms with E-state index in [0.29, 0.717) is 16.3 Å². The molecule has 9 heteroatoms. The third-order valence-corrected chi connectivity index (χ3v) is 4.65. The van der Waals surface area contributed by atoms with Crippen LogP contribution in [0.25, 0.3) is 6.08 Å². The standard InChI is InChI=1S/C17H13ClN2O5S/c1-25-16-7-4-13(18)10-15(16)17(22)19-9-8-12-2-5-14(6-3-12)26(23,24)20-11-21/h2-10H,1H3,(H,19,22)/b9-8+. The first-order valence-corrected chi connectivity index (χ1v) is 8.94. The van der Waals surface area contributed by atoms with E-state index < -0.39 is 15.9 Å². The Morgan fingerprint density at radius 1 is 1.23 bits per heavy atom. The first-order valence-electron chi connectivity index (χ1n) is 7.12. The molecule has 0 radical (unpaired) electrons. The molecule has 0 fully saturated rings. The van der Waals surface area contributed by atoms with Gasteiger partial charge in [0.25, 0.3) is 22.0 Å². The van der Waals surface area contributed by atoms with Gasteiger partial charge in [0.15, 0.2) is 0 Å². The number of benzene rings is 2. The number of carbonyl (C=O) groups is 1. The quantitative estimate of drug-likeness (QED) is 0.601. The van der Waals surface area contributed by atoms with Gasteiger partial charge in [0, 0.05) is 11.2 Å². The van der Waals surface area contributed by atoms with Gasteiger partial charge in [-0.25, -0.2) is 4.79 Å². The van der Waals surface area contributed by atoms with Gasteiger partial charge in [-0.3, -0.25) is 4.79 Å². The minimum atomic E-state index is -4.03. The first-order chi connectivity index (χ1) is 12.4. The Bertz CT molecular complexity index is 994. The Balaban J connectivity index is 2.10. The van der Waals surface area contributed by atoms with Crippen molar-refractivity contribution < 1.29 is 22.7 Å². The summed E-state index contributed by atoms with van der Waals surface area (Å²) < 4.78 is 31.0. The molecule has 0 heterocycles. The zero-order valence-electron chi connectivity index (χ0n) is 13.5. The molecule has 0 unspecified atom stereocenters. The fraction of sp³-hybridized carbons (Fsp3) is 0.0588. The molecule has 0 saturated carbocycles. The maximum atomic E-state index is 12.2. The molecule has 2 aromatic carbocycles. The van der Waals surface area contributed by atoms with Gasteiger partial charge in [0.1, 0.15) is 5.75 Å². The maximum absolute atomic E-state index is 12.2. The molecule has 7 nitrogen and oxygen atoms in total. The van der Waals surface area contributed by atoms with Crippen LogP contribution in [-0.4, -0.2) is 27.5 Å². The summed E-state index contributed by atoms with van der Waals surface area (Å²) in [7, 11) is -2.58. The number of methoxy groups -OCH3 is 1. The number of nitrogens with zero attached hydrogens (tertiary/aromatic N) is 1. The van der Waals surface area contributed by atoms with Gasteiger partial charge in [0.05, 0.1) is 17.6 Å². The number of hydrogen-bond acceptors (Lipinski definition) is 5. The minimum absolute atomic E-state index is 0.134. The summed E-state index contributed by atoms with van der Waals surface area (Å²) in [5.74, 6) is -0.0364. The van der Waals surface area contributed by atoms with Crippen LogP contribution in [-0.2, 0) is 14.8 Å². The van der Waals surface area contributed by atoms with Crippen LogP contribution in [0, 0.1) is 0 Å². The van der Waals surface area contributed by atoms with Crippen molar-refractivity contribution in [2.24, 2.45) is 4.40 Å². The van der Waals surface area contributed by atoms with Crippen LogP contribution in [0.5, 0.6) is 5.75 Å². The molecule has 0 aliphatic heterocycles. The van der Waals surface area contributed by atoms with Crippen molar-refractivity contribution in [2.75, 3.05) is 7.11 Å². The van der Waals surface area contributed by atoms with Crippen LogP contribution >= 0.6 is 11.6 Å². The average molecular weight is 393 g/mol. The third kappa shape index (κ3) is 4.80. The summed E-state index contributed by atoms with van der Waals surface area (Å²) >= 11 is 5.89. The zero-order chi connectivity index (χ0) is 19.2. The molecule has 0 aromatic heterocycles. The maximum Gasteiger partial charge on any atom is 0.292 e. The molecule has 2 aromatic rings. The van der Waals surface area contributed by atoms with Crippen molar-refractivity contribution in [2.45, 2.75) is 4.90 Å². The number of nitrogens with one attached hydrogen (secondary N) is 1. The van der Waals surface area contributed by atoms with Crippen molar-refractivity contribution in [3.8, 4) is 5.75 Å². The molecule has 2 rings (SSSR count). The summed E-state index contributed by atoms with van der Waals surface area (Å²) in [6.45, 7) is 0. The molecule has 0 aliphatic rings. The van der Waals surface area contributed by atoms with Crippen molar-refractivity contribution in [3.63, 3.8) is 0 Å². The van der Waals surface area contributed by atoms with E-state index in [0.717, 1.165) is 6.08 Å². The molecule has 0 saturated heterocycles. The lowest BCUT2D eigenvalue weighted by Crippen LogP contribution is -2.17. The van der Waals surface area contributed by atoms with Gasteiger partial charge < -0.3 is 10.1 Å². The molecule has 26 heavy (non-hydrogen) atoms. The predicted molar refractivity (Wildman–Crippen MR) is 96.3 cm³/mol. The van der Waals surface area contributed by atoms with Crippen LogP contribution in [0.1, 0.15) is 15.9 Å². The van der Waals surface area contributed by atoms with Gasteiger partial charge in [-0.1, -0.05) is 28.1 Å². The van der Waals surface area contributed by atoms with Crippen molar-refractivity contribution >= 4 is 39.7 Å². The van der Waals surface area contributed by atoms with Crippen molar-refractivity contribution in [1.82, 2.24) is 5.32 Å². The van der Waals surface area contributed by atoms with E-state index in [1.54, 1.807) is 18.2 Å². The Morgan fingerprint density at radius 2 is 1.92 bits per heavy atom. The van der Waals surface area contributed by atoms with E-state index >= 15 is 0 Å². The molecule has 1 amide bonds. The highest BCUT2D eigenvalue weighted by Gasteiger charge is 2.12. The minimum Gasteiger partial charge on any atom is -0.496 e. The fourth-order valence-corrected chi connectivity index (χ4v) is 2.86. The number of sulfonamides is 1. The summed E-state index contributed by atoms with van der Waals surface area (Å²) in [6.07, 6.45) is 3.96. The molecular weight excluding hydrogens is 380 g/mol. The van der Waals surface area contributed by atoms with Crippen molar-refractivity contribution in [1.29, 1.82) is 0 Å². The van der Waals surface area contributed by atoms with Gasteiger partial charge in [-0.2, -0.15) is 8.42 Å². The van der Waals surface area contributed by atoms with E-state index in [2.05, 4.69) is 9.71 Å². The van der Waals surface area contributed by atoms with E-state index in [1.165, 1.54) is 43.6 Å². The second-order valence-electron chi connectivity index (χ2n) is 4.88. The van der Waals surface area contributed by atoms with Crippen LogP contribution < -0.4 is 10.1 Å². The Morgan fingerprint density at radius 3 is 2.54 bits per heavy atom. The number of hydrogen-bond donors (Lipinski definition) is 1. The van der Waals surface area contributed by atoms with E-state index in [9.17, 15) is 18.0 Å². The van der Waals surface area contributed by atoms with Crippen molar-refractivity contribution in [3.05, 3.63) is 64.8 Å². The number of rotatable bonds is 6. The number of isocyanates is 1. The van der Waals surface area contributed by atoms with E-state index in [4.69, 9.17) is 16.3 Å². The highest BCUT2D eigenvalue weighted by Crippen LogP contribution is 2.22. The number of ether oxygens (including phenoxy) is 1. The monoisotopic (exact) mass is 392 g/mol. The predicted octanol–water partition coefficient (Wildman–Crippen LogP) is 2.77. The first kappa shape index (κ1) is 19.4. The van der Waals surface area contributed by atoms with Crippen LogP contribution in [0.3, 0.4) is 0 Å². The largest absolute Gasteiger partial charge is 0.496 e.